The van der Waals surface area contributed by atoms with Crippen molar-refractivity contribution in [1.82, 2.24) is 18.7 Å². The predicted octanol–water partition coefficient (Wildman–Crippen LogP) is 2.31. The lowest BCUT2D eigenvalue weighted by molar-refractivity contribution is 0.493. The van der Waals surface area contributed by atoms with Gasteiger partial charge in [0, 0.05) is 39.3 Å². The van der Waals surface area contributed by atoms with Crippen LogP contribution >= 0.6 is 0 Å². The molecule has 1 fully saturated rings. The molecule has 182 valence electrons. The molecule has 0 aliphatic carbocycles. The van der Waals surface area contributed by atoms with Crippen molar-refractivity contribution < 1.29 is 0 Å². The average Bonchev–Trinajstić information content (AvgIpc) is 3.27. The van der Waals surface area contributed by atoms with Crippen LogP contribution in [-0.4, -0.2) is 37.8 Å². The van der Waals surface area contributed by atoms with Crippen LogP contribution < -0.4 is 21.9 Å². The third-order valence-corrected chi connectivity index (χ3v) is 6.89. The zero-order valence-electron chi connectivity index (χ0n) is 20.1. The van der Waals surface area contributed by atoms with Crippen LogP contribution in [0.1, 0.15) is 24.0 Å². The molecule has 1 atom stereocenters. The lowest BCUT2D eigenvalue weighted by atomic mass is 10.1. The van der Waals surface area contributed by atoms with Gasteiger partial charge < -0.3 is 15.2 Å². The Bertz CT molecular complexity index is 1420. The van der Waals surface area contributed by atoms with Crippen LogP contribution in [0.15, 0.2) is 70.3 Å². The van der Waals surface area contributed by atoms with Gasteiger partial charge in [-0.2, -0.15) is 4.98 Å². The van der Waals surface area contributed by atoms with Gasteiger partial charge in [0.15, 0.2) is 11.2 Å². The second-order valence-electron chi connectivity index (χ2n) is 9.35. The Labute approximate surface area is 204 Å². The Hall–Kier alpha value is -3.65. The molecule has 1 aliphatic rings. The van der Waals surface area contributed by atoms with E-state index in [1.807, 2.05) is 53.1 Å². The number of nitrogens with zero attached hydrogens (tertiary/aromatic N) is 5. The fourth-order valence-corrected chi connectivity index (χ4v) is 4.97. The van der Waals surface area contributed by atoms with Gasteiger partial charge in [0.2, 0.25) is 5.95 Å². The van der Waals surface area contributed by atoms with Gasteiger partial charge in [0.1, 0.15) is 0 Å². The molecular weight excluding hydrogens is 440 g/mol. The molecule has 1 saturated heterocycles. The lowest BCUT2D eigenvalue weighted by Crippen LogP contribution is -2.44. The van der Waals surface area contributed by atoms with Gasteiger partial charge in [-0.25, -0.2) is 4.79 Å². The molecule has 35 heavy (non-hydrogen) atoms. The van der Waals surface area contributed by atoms with Gasteiger partial charge in [-0.05, 0) is 36.8 Å². The minimum atomic E-state index is -0.340. The monoisotopic (exact) mass is 472 g/mol. The molecule has 0 saturated carbocycles. The number of aromatic nitrogens is 4. The fraction of sp³-hybridized carbons (Fsp3) is 0.370. The summed E-state index contributed by atoms with van der Waals surface area (Å²) in [7, 11) is 1.70. The molecule has 0 bridgehead atoms. The van der Waals surface area contributed by atoms with Gasteiger partial charge in [-0.1, -0.05) is 60.7 Å². The van der Waals surface area contributed by atoms with Crippen LogP contribution in [-0.2, 0) is 33.0 Å². The number of rotatable bonds is 7. The predicted molar refractivity (Wildman–Crippen MR) is 139 cm³/mol. The van der Waals surface area contributed by atoms with Crippen molar-refractivity contribution >= 4 is 17.1 Å². The number of aryl methyl sites for hydroxylation is 4. The summed E-state index contributed by atoms with van der Waals surface area (Å²) in [5.41, 5.74) is 8.83. The summed E-state index contributed by atoms with van der Waals surface area (Å²) < 4.78 is 4.86. The average molecular weight is 473 g/mol. The van der Waals surface area contributed by atoms with Crippen molar-refractivity contribution in [2.75, 3.05) is 18.0 Å². The molecular formula is C27H32N6O2. The highest BCUT2D eigenvalue weighted by Gasteiger charge is 2.26. The van der Waals surface area contributed by atoms with Crippen LogP contribution in [0, 0.1) is 0 Å². The SMILES string of the molecule is Cn1c(=O)n(CCc2ccccc2)c(=O)c2c1nc(N1CCCC(N)C1)n2CCc1ccccc1. The molecule has 8 heteroatoms. The maximum atomic E-state index is 13.8. The van der Waals surface area contributed by atoms with Gasteiger partial charge in [-0.15, -0.1) is 0 Å². The highest BCUT2D eigenvalue weighted by atomic mass is 16.2. The Morgan fingerprint density at radius 2 is 1.51 bits per heavy atom. The van der Waals surface area contributed by atoms with Crippen LogP contribution in [0.4, 0.5) is 5.95 Å². The minimum absolute atomic E-state index is 0.0671. The summed E-state index contributed by atoms with van der Waals surface area (Å²) in [5, 5.41) is 0. The highest BCUT2D eigenvalue weighted by Crippen LogP contribution is 2.23. The van der Waals surface area contributed by atoms with Crippen molar-refractivity contribution in [2.24, 2.45) is 12.8 Å². The lowest BCUT2D eigenvalue weighted by Gasteiger charge is -2.31. The Morgan fingerprint density at radius 1 is 0.914 bits per heavy atom. The number of anilines is 1. The molecule has 2 aromatic heterocycles. The van der Waals surface area contributed by atoms with Crippen molar-refractivity contribution in [3.05, 3.63) is 92.6 Å². The summed E-state index contributed by atoms with van der Waals surface area (Å²) in [6.07, 6.45) is 3.31. The van der Waals surface area contributed by atoms with Gasteiger partial charge >= 0.3 is 5.69 Å². The molecule has 0 spiro atoms. The number of piperidine rings is 1. The number of hydrogen-bond acceptors (Lipinski definition) is 5. The first-order valence-corrected chi connectivity index (χ1v) is 12.3. The largest absolute Gasteiger partial charge is 0.341 e. The third-order valence-electron chi connectivity index (χ3n) is 6.89. The topological polar surface area (TPSA) is 91.1 Å². The van der Waals surface area contributed by atoms with E-state index in [4.69, 9.17) is 10.7 Å². The van der Waals surface area contributed by atoms with E-state index in [9.17, 15) is 9.59 Å². The van der Waals surface area contributed by atoms with E-state index in [1.54, 1.807) is 7.05 Å². The van der Waals surface area contributed by atoms with Gasteiger partial charge in [0.05, 0.1) is 0 Å². The maximum Gasteiger partial charge on any atom is 0.332 e. The zero-order valence-corrected chi connectivity index (χ0v) is 20.1. The fourth-order valence-electron chi connectivity index (χ4n) is 4.97. The van der Waals surface area contributed by atoms with Crippen LogP contribution in [0.25, 0.3) is 11.2 Å². The summed E-state index contributed by atoms with van der Waals surface area (Å²) >= 11 is 0. The van der Waals surface area contributed by atoms with E-state index in [2.05, 4.69) is 17.0 Å². The van der Waals surface area contributed by atoms with E-state index in [0.717, 1.165) is 37.3 Å². The highest BCUT2D eigenvalue weighted by molar-refractivity contribution is 5.74. The normalized spacial score (nSPS) is 16.2. The minimum Gasteiger partial charge on any atom is -0.341 e. The summed E-state index contributed by atoms with van der Waals surface area (Å²) in [6, 6.07) is 20.2. The standard InChI is InChI=1S/C27H32N6O2/c1-30-24-23(25(34)33(27(30)35)18-15-21-11-6-3-7-12-21)32(17-14-20-9-4-2-5-10-20)26(29-24)31-16-8-13-22(28)19-31/h2-7,9-12,22H,8,13-19,28H2,1H3. The van der Waals surface area contributed by atoms with E-state index in [1.165, 1.54) is 14.7 Å². The number of nitrogens with two attached hydrogens (primary N) is 1. The van der Waals surface area contributed by atoms with E-state index >= 15 is 0 Å². The quantitative estimate of drug-likeness (QED) is 0.446. The number of fused-ring (bicyclic) bond motifs is 1. The zero-order chi connectivity index (χ0) is 24.4. The first kappa shape index (κ1) is 23.1. The molecule has 8 nitrogen and oxygen atoms in total. The number of benzene rings is 2. The second-order valence-corrected chi connectivity index (χ2v) is 9.35. The summed E-state index contributed by atoms with van der Waals surface area (Å²) in [4.78, 5) is 34.0. The molecule has 1 unspecified atom stereocenters. The molecule has 0 radical (unpaired) electrons. The van der Waals surface area contributed by atoms with Crippen LogP contribution in [0.3, 0.4) is 0 Å². The van der Waals surface area contributed by atoms with E-state index < -0.39 is 0 Å². The molecule has 1 aliphatic heterocycles. The van der Waals surface area contributed by atoms with Crippen molar-refractivity contribution in [2.45, 2.75) is 44.8 Å². The molecule has 0 amide bonds. The molecule has 4 aromatic rings. The second kappa shape index (κ2) is 9.92. The number of imidazole rings is 1. The van der Waals surface area contributed by atoms with E-state index in [0.29, 0.717) is 37.2 Å². The van der Waals surface area contributed by atoms with Gasteiger partial charge in [-0.3, -0.25) is 13.9 Å². The van der Waals surface area contributed by atoms with E-state index in [-0.39, 0.29) is 17.3 Å². The summed E-state index contributed by atoms with van der Waals surface area (Å²) in [5.74, 6) is 0.721. The summed E-state index contributed by atoms with van der Waals surface area (Å²) in [6.45, 7) is 2.43. The Kier molecular flexibility index (Phi) is 6.55. The van der Waals surface area contributed by atoms with Crippen molar-refractivity contribution in [1.29, 1.82) is 0 Å². The molecule has 3 heterocycles. The Morgan fingerprint density at radius 3 is 2.11 bits per heavy atom. The first-order chi connectivity index (χ1) is 17.0. The third kappa shape index (κ3) is 4.66. The molecule has 5 rings (SSSR count). The van der Waals surface area contributed by atoms with Crippen molar-refractivity contribution in [3.8, 4) is 0 Å². The molecule has 2 aromatic carbocycles. The Balaban J connectivity index is 1.60. The van der Waals surface area contributed by atoms with Crippen LogP contribution in [0.2, 0.25) is 0 Å². The van der Waals surface area contributed by atoms with Crippen LogP contribution in [0.5, 0.6) is 0 Å². The van der Waals surface area contributed by atoms with Gasteiger partial charge in [0.25, 0.3) is 5.56 Å². The number of hydrogen-bond donors (Lipinski definition) is 1. The van der Waals surface area contributed by atoms with Crippen molar-refractivity contribution in [3.63, 3.8) is 0 Å². The smallest absolute Gasteiger partial charge is 0.332 e. The first-order valence-electron chi connectivity index (χ1n) is 12.3. The molecule has 2 N–H and O–H groups in total. The maximum absolute atomic E-state index is 13.8.